The molecule has 4 heteroatoms. The average molecular weight is 357 g/mol. The van der Waals surface area contributed by atoms with E-state index in [9.17, 15) is 5.26 Å². The number of piperidine rings is 1. The zero-order valence-corrected chi connectivity index (χ0v) is 14.8. The summed E-state index contributed by atoms with van der Waals surface area (Å²) in [6.07, 6.45) is 5.70. The van der Waals surface area contributed by atoms with Crippen LogP contribution in [0.15, 0.2) is 42.5 Å². The lowest BCUT2D eigenvalue weighted by Crippen LogP contribution is -2.29. The molecule has 0 bridgehead atoms. The van der Waals surface area contributed by atoms with Gasteiger partial charge in [-0.1, -0.05) is 41.4 Å². The van der Waals surface area contributed by atoms with Gasteiger partial charge < -0.3 is 4.90 Å². The Morgan fingerprint density at radius 3 is 2.33 bits per heavy atom. The van der Waals surface area contributed by atoms with Crippen LogP contribution in [0.25, 0.3) is 11.6 Å². The van der Waals surface area contributed by atoms with Gasteiger partial charge in [0.25, 0.3) is 0 Å². The summed E-state index contributed by atoms with van der Waals surface area (Å²) in [5.74, 6) is 0. The Kier molecular flexibility index (Phi) is 5.45. The fourth-order valence-electron chi connectivity index (χ4n) is 2.98. The number of anilines is 1. The third-order valence-electron chi connectivity index (χ3n) is 4.27. The van der Waals surface area contributed by atoms with E-state index in [1.165, 1.54) is 24.9 Å². The minimum atomic E-state index is 0.486. The number of allylic oxidation sites excluding steroid dienone is 1. The van der Waals surface area contributed by atoms with Crippen LogP contribution in [0.1, 0.15) is 30.4 Å². The largest absolute Gasteiger partial charge is 0.372 e. The number of hydrogen-bond donors (Lipinski definition) is 0. The molecule has 0 spiro atoms. The highest BCUT2D eigenvalue weighted by molar-refractivity contribution is 6.36. The number of rotatable bonds is 3. The van der Waals surface area contributed by atoms with Crippen molar-refractivity contribution in [3.8, 4) is 6.07 Å². The molecule has 0 atom stereocenters. The summed E-state index contributed by atoms with van der Waals surface area (Å²) >= 11 is 12.1. The van der Waals surface area contributed by atoms with Gasteiger partial charge in [0, 0.05) is 29.4 Å². The van der Waals surface area contributed by atoms with Crippen molar-refractivity contribution in [3.63, 3.8) is 0 Å². The first-order valence-corrected chi connectivity index (χ1v) is 8.85. The van der Waals surface area contributed by atoms with Crippen LogP contribution in [-0.4, -0.2) is 13.1 Å². The third-order valence-corrected chi connectivity index (χ3v) is 4.81. The van der Waals surface area contributed by atoms with Gasteiger partial charge in [0.05, 0.1) is 16.7 Å². The highest BCUT2D eigenvalue weighted by Gasteiger charge is 2.11. The second-order valence-electron chi connectivity index (χ2n) is 5.93. The molecule has 0 aromatic heterocycles. The molecule has 1 fully saturated rings. The molecule has 0 unspecified atom stereocenters. The highest BCUT2D eigenvalue weighted by atomic mass is 35.5. The first-order valence-electron chi connectivity index (χ1n) is 8.09. The molecule has 0 saturated carbocycles. The summed E-state index contributed by atoms with van der Waals surface area (Å²) in [7, 11) is 0. The standard InChI is InChI=1S/C20H18Cl2N2/c21-17-6-9-19(20(22)13-17)16(14-23)12-15-4-7-18(8-5-15)24-10-2-1-3-11-24/h4-9,12-13H,1-3,10-11H2/b16-12-. The molecule has 1 heterocycles. The smallest absolute Gasteiger partial charge is 0.0998 e. The van der Waals surface area contributed by atoms with E-state index in [4.69, 9.17) is 23.2 Å². The van der Waals surface area contributed by atoms with E-state index in [0.29, 0.717) is 21.2 Å². The van der Waals surface area contributed by atoms with Crippen LogP contribution in [0.3, 0.4) is 0 Å². The lowest BCUT2D eigenvalue weighted by atomic mass is 10.0. The van der Waals surface area contributed by atoms with Crippen LogP contribution >= 0.6 is 23.2 Å². The van der Waals surface area contributed by atoms with Crippen molar-refractivity contribution >= 4 is 40.5 Å². The molecule has 1 aliphatic rings. The number of benzene rings is 2. The predicted molar refractivity (Wildman–Crippen MR) is 102 cm³/mol. The van der Waals surface area contributed by atoms with E-state index in [1.807, 2.05) is 18.2 Å². The average Bonchev–Trinajstić information content (AvgIpc) is 2.61. The number of halogens is 2. The van der Waals surface area contributed by atoms with Crippen molar-refractivity contribution in [1.82, 2.24) is 0 Å². The van der Waals surface area contributed by atoms with E-state index in [0.717, 1.165) is 18.7 Å². The Morgan fingerprint density at radius 2 is 1.71 bits per heavy atom. The summed E-state index contributed by atoms with van der Waals surface area (Å²) in [4.78, 5) is 2.41. The summed E-state index contributed by atoms with van der Waals surface area (Å²) in [5, 5.41) is 10.5. The zero-order valence-electron chi connectivity index (χ0n) is 13.3. The van der Waals surface area contributed by atoms with Gasteiger partial charge in [0.15, 0.2) is 0 Å². The van der Waals surface area contributed by atoms with Crippen molar-refractivity contribution in [2.45, 2.75) is 19.3 Å². The monoisotopic (exact) mass is 356 g/mol. The Labute approximate surface area is 152 Å². The summed E-state index contributed by atoms with van der Waals surface area (Å²) in [5.41, 5.74) is 3.46. The summed E-state index contributed by atoms with van der Waals surface area (Å²) in [6.45, 7) is 2.25. The molecular weight excluding hydrogens is 339 g/mol. The lowest BCUT2D eigenvalue weighted by Gasteiger charge is -2.28. The molecule has 0 aliphatic carbocycles. The molecule has 122 valence electrons. The van der Waals surface area contributed by atoms with Gasteiger partial charge in [-0.25, -0.2) is 0 Å². The van der Waals surface area contributed by atoms with Gasteiger partial charge in [-0.15, -0.1) is 0 Å². The summed E-state index contributed by atoms with van der Waals surface area (Å²) in [6, 6.07) is 15.7. The van der Waals surface area contributed by atoms with Crippen LogP contribution < -0.4 is 4.90 Å². The molecule has 3 rings (SSSR count). The number of nitrogens with zero attached hydrogens (tertiary/aromatic N) is 2. The summed E-state index contributed by atoms with van der Waals surface area (Å²) < 4.78 is 0. The normalized spacial score (nSPS) is 15.2. The fraction of sp³-hybridized carbons (Fsp3) is 0.250. The predicted octanol–water partition coefficient (Wildman–Crippen LogP) is 6.05. The third kappa shape index (κ3) is 3.93. The van der Waals surface area contributed by atoms with Gasteiger partial charge in [-0.2, -0.15) is 5.26 Å². The van der Waals surface area contributed by atoms with Crippen molar-refractivity contribution in [1.29, 1.82) is 5.26 Å². The van der Waals surface area contributed by atoms with E-state index in [1.54, 1.807) is 18.2 Å². The molecule has 2 nitrogen and oxygen atoms in total. The highest BCUT2D eigenvalue weighted by Crippen LogP contribution is 2.28. The molecule has 1 aliphatic heterocycles. The first-order chi connectivity index (χ1) is 11.7. The minimum Gasteiger partial charge on any atom is -0.372 e. The SMILES string of the molecule is N#C/C(=C/c1ccc(N2CCCCC2)cc1)c1ccc(Cl)cc1Cl. The maximum Gasteiger partial charge on any atom is 0.0998 e. The maximum absolute atomic E-state index is 9.47. The van der Waals surface area contributed by atoms with Crippen LogP contribution in [-0.2, 0) is 0 Å². The Bertz CT molecular complexity index is 782. The second-order valence-corrected chi connectivity index (χ2v) is 6.78. The molecule has 0 amide bonds. The van der Waals surface area contributed by atoms with Gasteiger partial charge >= 0.3 is 0 Å². The van der Waals surface area contributed by atoms with Gasteiger partial charge in [0.1, 0.15) is 0 Å². The molecule has 1 saturated heterocycles. The first kappa shape index (κ1) is 16.9. The minimum absolute atomic E-state index is 0.486. The van der Waals surface area contributed by atoms with Crippen molar-refractivity contribution in [2.24, 2.45) is 0 Å². The van der Waals surface area contributed by atoms with Crippen molar-refractivity contribution < 1.29 is 0 Å². The molecule has 24 heavy (non-hydrogen) atoms. The van der Waals surface area contributed by atoms with Gasteiger partial charge in [-0.3, -0.25) is 0 Å². The Hall–Kier alpha value is -1.95. The topological polar surface area (TPSA) is 27.0 Å². The van der Waals surface area contributed by atoms with E-state index in [2.05, 4.69) is 23.1 Å². The van der Waals surface area contributed by atoms with Crippen LogP contribution in [0.2, 0.25) is 10.0 Å². The number of nitriles is 1. The second kappa shape index (κ2) is 7.75. The van der Waals surface area contributed by atoms with Crippen LogP contribution in [0.5, 0.6) is 0 Å². The van der Waals surface area contributed by atoms with Gasteiger partial charge in [0.2, 0.25) is 0 Å². The molecule has 2 aromatic carbocycles. The molecule has 2 aromatic rings. The van der Waals surface area contributed by atoms with E-state index < -0.39 is 0 Å². The molecular formula is C20H18Cl2N2. The van der Waals surface area contributed by atoms with Crippen LogP contribution in [0.4, 0.5) is 5.69 Å². The van der Waals surface area contributed by atoms with Crippen LogP contribution in [0, 0.1) is 11.3 Å². The molecule has 0 radical (unpaired) electrons. The van der Waals surface area contributed by atoms with Gasteiger partial charge in [-0.05, 0) is 55.2 Å². The van der Waals surface area contributed by atoms with Crippen molar-refractivity contribution in [2.75, 3.05) is 18.0 Å². The van der Waals surface area contributed by atoms with E-state index in [-0.39, 0.29) is 0 Å². The molecule has 0 N–H and O–H groups in total. The fourth-order valence-corrected chi connectivity index (χ4v) is 3.49. The maximum atomic E-state index is 9.47. The Balaban J connectivity index is 1.84. The Morgan fingerprint density at radius 1 is 1.00 bits per heavy atom. The number of hydrogen-bond acceptors (Lipinski definition) is 2. The zero-order chi connectivity index (χ0) is 16.9. The van der Waals surface area contributed by atoms with Crippen molar-refractivity contribution in [3.05, 3.63) is 63.6 Å². The quantitative estimate of drug-likeness (QED) is 0.494. The van der Waals surface area contributed by atoms with E-state index >= 15 is 0 Å². The lowest BCUT2D eigenvalue weighted by molar-refractivity contribution is 0.578.